The van der Waals surface area contributed by atoms with Gasteiger partial charge in [0.2, 0.25) is 0 Å². The summed E-state index contributed by atoms with van der Waals surface area (Å²) in [4.78, 5) is 27.0. The quantitative estimate of drug-likeness (QED) is 0.606. The maximum Gasteiger partial charge on any atom is 0.329 e. The van der Waals surface area contributed by atoms with Gasteiger partial charge >= 0.3 is 5.97 Å². The number of ketones is 1. The van der Waals surface area contributed by atoms with Gasteiger partial charge in [0.05, 0.1) is 13.0 Å². The van der Waals surface area contributed by atoms with Gasteiger partial charge in [0.1, 0.15) is 5.75 Å². The number of carbonyl (C=O) groups is 2. The van der Waals surface area contributed by atoms with Gasteiger partial charge < -0.3 is 9.57 Å². The van der Waals surface area contributed by atoms with Crippen LogP contribution >= 0.6 is 0 Å². The third-order valence-corrected chi connectivity index (χ3v) is 2.97. The van der Waals surface area contributed by atoms with E-state index in [-0.39, 0.29) is 18.8 Å². The zero-order valence-electron chi connectivity index (χ0n) is 10.5. The number of Topliss-reactive ketones (excluding diaryl/α,β-unsaturated/α-hetero) is 1. The number of nitrogens with two attached hydrogens (primary N) is 1. The minimum atomic E-state index is -0.490. The average molecular weight is 264 g/mol. The summed E-state index contributed by atoms with van der Waals surface area (Å²) in [7, 11) is 0. The van der Waals surface area contributed by atoms with E-state index in [2.05, 4.69) is 4.84 Å². The van der Waals surface area contributed by atoms with Crippen molar-refractivity contribution in [1.29, 1.82) is 0 Å². The first-order valence-corrected chi connectivity index (χ1v) is 6.15. The van der Waals surface area contributed by atoms with E-state index in [1.165, 1.54) is 0 Å². The van der Waals surface area contributed by atoms with Gasteiger partial charge in [-0.15, -0.1) is 0 Å². The van der Waals surface area contributed by atoms with Gasteiger partial charge in [0.15, 0.2) is 5.78 Å². The summed E-state index contributed by atoms with van der Waals surface area (Å²) in [5.41, 5.74) is 3.62. The van der Waals surface area contributed by atoms with Crippen molar-refractivity contribution in [1.82, 2.24) is 5.59 Å². The molecular formula is C13H16N2O4. The summed E-state index contributed by atoms with van der Waals surface area (Å²) in [6.45, 7) is 0.202. The van der Waals surface area contributed by atoms with Gasteiger partial charge in [0, 0.05) is 12.0 Å². The fourth-order valence-electron chi connectivity index (χ4n) is 2.08. The molecule has 0 atom stereocenters. The van der Waals surface area contributed by atoms with Crippen LogP contribution in [0.4, 0.5) is 0 Å². The summed E-state index contributed by atoms with van der Waals surface area (Å²) >= 11 is 0. The van der Waals surface area contributed by atoms with Gasteiger partial charge in [-0.3, -0.25) is 9.59 Å². The fourth-order valence-corrected chi connectivity index (χ4v) is 2.08. The zero-order chi connectivity index (χ0) is 13.7. The van der Waals surface area contributed by atoms with Crippen molar-refractivity contribution in [3.8, 4) is 5.75 Å². The zero-order valence-corrected chi connectivity index (χ0v) is 10.5. The van der Waals surface area contributed by atoms with Gasteiger partial charge in [-0.1, -0.05) is 5.59 Å². The van der Waals surface area contributed by atoms with Crippen molar-refractivity contribution in [2.24, 2.45) is 5.84 Å². The molecule has 1 aliphatic carbocycles. The van der Waals surface area contributed by atoms with E-state index in [4.69, 9.17) is 10.6 Å². The first-order valence-electron chi connectivity index (χ1n) is 6.15. The molecule has 6 nitrogen and oxygen atoms in total. The van der Waals surface area contributed by atoms with E-state index >= 15 is 0 Å². The molecule has 1 aromatic carbocycles. The highest BCUT2D eigenvalue weighted by Gasteiger charge is 2.17. The molecule has 0 heterocycles. The lowest BCUT2D eigenvalue weighted by Gasteiger charge is -2.15. The molecule has 0 unspecified atom stereocenters. The molecule has 0 aliphatic heterocycles. The number of ether oxygens (including phenoxy) is 1. The van der Waals surface area contributed by atoms with Crippen molar-refractivity contribution < 1.29 is 19.2 Å². The second kappa shape index (κ2) is 6.31. The highest BCUT2D eigenvalue weighted by Crippen LogP contribution is 2.25. The SMILES string of the molecule is NNOC(=O)CCOc1ccc2c(c1)CCCC2=O. The van der Waals surface area contributed by atoms with E-state index in [0.717, 1.165) is 24.0 Å². The van der Waals surface area contributed by atoms with Crippen LogP contribution in [0.2, 0.25) is 0 Å². The molecular weight excluding hydrogens is 248 g/mol. The second-order valence-electron chi connectivity index (χ2n) is 4.29. The van der Waals surface area contributed by atoms with Gasteiger partial charge in [-0.25, -0.2) is 5.84 Å². The summed E-state index contributed by atoms with van der Waals surface area (Å²) in [5, 5.41) is 0. The van der Waals surface area contributed by atoms with Crippen molar-refractivity contribution in [3.63, 3.8) is 0 Å². The van der Waals surface area contributed by atoms with Crippen LogP contribution in [0.3, 0.4) is 0 Å². The van der Waals surface area contributed by atoms with Crippen LogP contribution in [0.5, 0.6) is 5.75 Å². The molecule has 0 amide bonds. The van der Waals surface area contributed by atoms with Crippen LogP contribution in [0, 0.1) is 0 Å². The number of benzene rings is 1. The molecule has 19 heavy (non-hydrogen) atoms. The van der Waals surface area contributed by atoms with Gasteiger partial charge in [0.25, 0.3) is 0 Å². The Morgan fingerprint density at radius 2 is 2.21 bits per heavy atom. The number of hydrazine groups is 1. The Morgan fingerprint density at radius 3 is 3.00 bits per heavy atom. The van der Waals surface area contributed by atoms with E-state index < -0.39 is 5.97 Å². The second-order valence-corrected chi connectivity index (χ2v) is 4.29. The van der Waals surface area contributed by atoms with Crippen LogP contribution in [0.25, 0.3) is 0 Å². The Hall–Kier alpha value is -1.92. The Kier molecular flexibility index (Phi) is 4.48. The van der Waals surface area contributed by atoms with Crippen molar-refractivity contribution >= 4 is 11.8 Å². The molecule has 0 bridgehead atoms. The van der Waals surface area contributed by atoms with E-state index in [1.54, 1.807) is 12.1 Å². The van der Waals surface area contributed by atoms with Gasteiger partial charge in [-0.05, 0) is 36.6 Å². The van der Waals surface area contributed by atoms with Crippen molar-refractivity contribution in [2.45, 2.75) is 25.7 Å². The number of fused-ring (bicyclic) bond motifs is 1. The topological polar surface area (TPSA) is 90.7 Å². The fraction of sp³-hybridized carbons (Fsp3) is 0.385. The molecule has 0 aromatic heterocycles. The molecule has 0 fully saturated rings. The average Bonchev–Trinajstić information content (AvgIpc) is 2.39. The Labute approximate surface area is 110 Å². The number of hydrogen-bond acceptors (Lipinski definition) is 6. The molecule has 0 saturated carbocycles. The lowest BCUT2D eigenvalue weighted by Crippen LogP contribution is -2.26. The van der Waals surface area contributed by atoms with Crippen LogP contribution in [-0.2, 0) is 16.1 Å². The summed E-state index contributed by atoms with van der Waals surface area (Å²) < 4.78 is 5.44. The van der Waals surface area contributed by atoms with Crippen LogP contribution in [0.1, 0.15) is 35.2 Å². The van der Waals surface area contributed by atoms with E-state index in [9.17, 15) is 9.59 Å². The Morgan fingerprint density at radius 1 is 1.37 bits per heavy atom. The lowest BCUT2D eigenvalue weighted by molar-refractivity contribution is -0.151. The predicted molar refractivity (Wildman–Crippen MR) is 67.2 cm³/mol. The number of rotatable bonds is 5. The normalized spacial score (nSPS) is 13.8. The molecule has 2 rings (SSSR count). The number of nitrogens with one attached hydrogen (secondary N) is 1. The monoisotopic (exact) mass is 264 g/mol. The third-order valence-electron chi connectivity index (χ3n) is 2.97. The highest BCUT2D eigenvalue weighted by molar-refractivity contribution is 5.98. The number of carbonyl (C=O) groups excluding carboxylic acids is 2. The molecule has 1 aliphatic rings. The largest absolute Gasteiger partial charge is 0.493 e. The van der Waals surface area contributed by atoms with Crippen LogP contribution < -0.4 is 16.2 Å². The summed E-state index contributed by atoms with van der Waals surface area (Å²) in [6.07, 6.45) is 2.48. The van der Waals surface area contributed by atoms with Gasteiger partial charge in [-0.2, -0.15) is 0 Å². The van der Waals surface area contributed by atoms with E-state index in [1.807, 2.05) is 11.7 Å². The minimum Gasteiger partial charge on any atom is -0.493 e. The molecule has 0 spiro atoms. The van der Waals surface area contributed by atoms with Crippen LogP contribution in [0.15, 0.2) is 18.2 Å². The highest BCUT2D eigenvalue weighted by atomic mass is 16.7. The summed E-state index contributed by atoms with van der Waals surface area (Å²) in [6, 6.07) is 5.39. The molecule has 102 valence electrons. The molecule has 0 radical (unpaired) electrons. The maximum atomic E-state index is 11.7. The first-order chi connectivity index (χ1) is 9.20. The molecule has 3 N–H and O–H groups in total. The van der Waals surface area contributed by atoms with Crippen LogP contribution in [-0.4, -0.2) is 18.4 Å². The van der Waals surface area contributed by atoms with Crippen molar-refractivity contribution in [3.05, 3.63) is 29.3 Å². The molecule has 0 saturated heterocycles. The predicted octanol–water partition coefficient (Wildman–Crippen LogP) is 0.896. The van der Waals surface area contributed by atoms with Crippen molar-refractivity contribution in [2.75, 3.05) is 6.61 Å². The lowest BCUT2D eigenvalue weighted by atomic mass is 9.90. The third kappa shape index (κ3) is 3.52. The minimum absolute atomic E-state index is 0.0974. The summed E-state index contributed by atoms with van der Waals surface area (Å²) in [5.74, 6) is 5.19. The molecule has 6 heteroatoms. The standard InChI is InChI=1S/C13H16N2O4/c14-15-19-13(17)6-7-18-10-4-5-11-9(8-10)2-1-3-12(11)16/h4-5,8,15H,1-3,6-7,14H2. The smallest absolute Gasteiger partial charge is 0.329 e. The Balaban J connectivity index is 1.91. The molecule has 1 aromatic rings. The number of aryl methyl sites for hydroxylation is 1. The Bertz CT molecular complexity index is 488. The first kappa shape index (κ1) is 13.5. The van der Waals surface area contributed by atoms with E-state index in [0.29, 0.717) is 12.2 Å². The maximum absolute atomic E-state index is 11.7. The number of hydrogen-bond donors (Lipinski definition) is 2.